The third-order valence-corrected chi connectivity index (χ3v) is 6.32. The van der Waals surface area contributed by atoms with Crippen LogP contribution >= 0.6 is 0 Å². The molecule has 27 heavy (non-hydrogen) atoms. The molecule has 0 aliphatic carbocycles. The van der Waals surface area contributed by atoms with E-state index in [9.17, 15) is 13.2 Å². The predicted molar refractivity (Wildman–Crippen MR) is 102 cm³/mol. The molecule has 1 aliphatic heterocycles. The molecule has 0 atom stereocenters. The second-order valence-electron chi connectivity index (χ2n) is 6.12. The molecule has 1 aromatic heterocycles. The minimum absolute atomic E-state index is 0.162. The number of aryl methyl sites for hydroxylation is 1. The van der Waals surface area contributed by atoms with Crippen molar-refractivity contribution in [3.8, 4) is 0 Å². The molecule has 1 saturated heterocycles. The van der Waals surface area contributed by atoms with Gasteiger partial charge in [0.15, 0.2) is 0 Å². The number of nitrogen functional groups attached to an aromatic ring is 1. The maximum atomic E-state index is 13.1. The number of benzene rings is 1. The number of hydrogen-bond donors (Lipinski definition) is 2. The first-order chi connectivity index (χ1) is 12.9. The van der Waals surface area contributed by atoms with Crippen molar-refractivity contribution in [1.29, 1.82) is 0 Å². The van der Waals surface area contributed by atoms with Gasteiger partial charge in [-0.2, -0.15) is 4.31 Å². The summed E-state index contributed by atoms with van der Waals surface area (Å²) in [5.74, 6) is -0.0677. The third-order valence-electron chi connectivity index (χ3n) is 4.34. The molecule has 1 amide bonds. The number of hydrogen-bond acceptors (Lipinski definition) is 6. The highest BCUT2D eigenvalue weighted by Crippen LogP contribution is 2.24. The Kier molecular flexibility index (Phi) is 5.73. The lowest BCUT2D eigenvalue weighted by molar-refractivity contribution is 0.0730. The van der Waals surface area contributed by atoms with Crippen molar-refractivity contribution in [2.75, 3.05) is 37.4 Å². The molecule has 3 N–H and O–H groups in total. The Morgan fingerprint density at radius 1 is 1.26 bits per heavy atom. The zero-order chi connectivity index (χ0) is 19.4. The molecule has 0 spiro atoms. The highest BCUT2D eigenvalue weighted by Gasteiger charge is 2.29. The summed E-state index contributed by atoms with van der Waals surface area (Å²) in [5, 5.41) is 2.70. The molecule has 0 saturated carbocycles. The van der Waals surface area contributed by atoms with Crippen LogP contribution in [-0.4, -0.2) is 49.9 Å². The van der Waals surface area contributed by atoms with E-state index in [0.717, 1.165) is 0 Å². The summed E-state index contributed by atoms with van der Waals surface area (Å²) in [6.07, 6.45) is 1.99. The molecule has 0 unspecified atom stereocenters. The van der Waals surface area contributed by atoms with Gasteiger partial charge in [-0.25, -0.2) is 13.4 Å². The van der Waals surface area contributed by atoms with Gasteiger partial charge in [-0.05, 0) is 36.2 Å². The number of pyridine rings is 1. The van der Waals surface area contributed by atoms with Gasteiger partial charge in [0.2, 0.25) is 10.0 Å². The largest absolute Gasteiger partial charge is 0.384 e. The third kappa shape index (κ3) is 4.26. The van der Waals surface area contributed by atoms with E-state index >= 15 is 0 Å². The second-order valence-corrected chi connectivity index (χ2v) is 8.02. The minimum Gasteiger partial charge on any atom is -0.384 e. The normalized spacial score (nSPS) is 15.4. The maximum Gasteiger partial charge on any atom is 0.255 e. The van der Waals surface area contributed by atoms with E-state index in [2.05, 4.69) is 10.3 Å². The van der Waals surface area contributed by atoms with Crippen LogP contribution in [0.4, 0.5) is 11.5 Å². The minimum atomic E-state index is -3.69. The molecule has 0 radical (unpaired) electrons. The molecular weight excluding hydrogens is 368 g/mol. The number of nitrogens with zero attached hydrogens (tertiary/aromatic N) is 2. The SMILES string of the molecule is CCc1ccc(C(=O)Nc2ccc(N)nc2)cc1S(=O)(=O)N1CCOCC1. The van der Waals surface area contributed by atoms with Crippen molar-refractivity contribution in [1.82, 2.24) is 9.29 Å². The summed E-state index contributed by atoms with van der Waals surface area (Å²) in [7, 11) is -3.69. The summed E-state index contributed by atoms with van der Waals surface area (Å²) in [6, 6.07) is 7.94. The number of aromatic nitrogens is 1. The highest BCUT2D eigenvalue weighted by molar-refractivity contribution is 7.89. The number of carbonyl (C=O) groups excluding carboxylic acids is 1. The molecule has 1 aromatic carbocycles. The van der Waals surface area contributed by atoms with E-state index in [-0.39, 0.29) is 10.5 Å². The molecule has 1 fully saturated rings. The lowest BCUT2D eigenvalue weighted by Crippen LogP contribution is -2.41. The molecule has 8 nitrogen and oxygen atoms in total. The van der Waals surface area contributed by atoms with E-state index in [1.165, 1.54) is 16.6 Å². The number of carbonyl (C=O) groups is 1. The van der Waals surface area contributed by atoms with Gasteiger partial charge in [0.1, 0.15) is 5.82 Å². The predicted octanol–water partition coefficient (Wildman–Crippen LogP) is 1.50. The van der Waals surface area contributed by atoms with E-state index in [1.54, 1.807) is 24.3 Å². The first-order valence-electron chi connectivity index (χ1n) is 8.65. The Hall–Kier alpha value is -2.49. The summed E-state index contributed by atoms with van der Waals surface area (Å²) < 4.78 is 32.7. The van der Waals surface area contributed by atoms with E-state index in [4.69, 9.17) is 10.5 Å². The van der Waals surface area contributed by atoms with Crippen LogP contribution in [0.2, 0.25) is 0 Å². The van der Waals surface area contributed by atoms with Gasteiger partial charge in [-0.3, -0.25) is 4.79 Å². The Labute approximate surface area is 158 Å². The van der Waals surface area contributed by atoms with Gasteiger partial charge >= 0.3 is 0 Å². The highest BCUT2D eigenvalue weighted by atomic mass is 32.2. The average Bonchev–Trinajstić information content (AvgIpc) is 2.69. The second kappa shape index (κ2) is 8.03. The fraction of sp³-hybridized carbons (Fsp3) is 0.333. The summed E-state index contributed by atoms with van der Waals surface area (Å²) in [6.45, 7) is 3.22. The summed E-state index contributed by atoms with van der Waals surface area (Å²) in [5.41, 5.74) is 6.95. The number of amides is 1. The maximum absolute atomic E-state index is 13.1. The molecule has 3 rings (SSSR count). The molecule has 2 aromatic rings. The number of sulfonamides is 1. The van der Waals surface area contributed by atoms with Gasteiger partial charge in [-0.1, -0.05) is 13.0 Å². The molecule has 2 heterocycles. The van der Waals surface area contributed by atoms with Crippen LogP contribution in [0.1, 0.15) is 22.8 Å². The van der Waals surface area contributed by atoms with Gasteiger partial charge in [-0.15, -0.1) is 0 Å². The van der Waals surface area contributed by atoms with Gasteiger partial charge in [0, 0.05) is 18.7 Å². The molecule has 9 heteroatoms. The Morgan fingerprint density at radius 2 is 2.00 bits per heavy atom. The lowest BCUT2D eigenvalue weighted by Gasteiger charge is -2.27. The topological polar surface area (TPSA) is 115 Å². The van der Waals surface area contributed by atoms with Gasteiger partial charge < -0.3 is 15.8 Å². The summed E-state index contributed by atoms with van der Waals surface area (Å²) in [4.78, 5) is 16.6. The number of ether oxygens (including phenoxy) is 1. The first kappa shape index (κ1) is 19.3. The van der Waals surface area contributed by atoms with Crippen LogP contribution in [0, 0.1) is 0 Å². The van der Waals surface area contributed by atoms with Crippen molar-refractivity contribution in [2.24, 2.45) is 0 Å². The van der Waals surface area contributed by atoms with E-state index in [0.29, 0.717) is 49.8 Å². The van der Waals surface area contributed by atoms with Crippen LogP contribution < -0.4 is 11.1 Å². The standard InChI is InChI=1S/C18H22N4O4S/c1-2-13-3-4-14(18(23)21-15-5-6-17(19)20-12-15)11-16(13)27(24,25)22-7-9-26-10-8-22/h3-6,11-12H,2,7-10H2,1H3,(H2,19,20)(H,21,23). The van der Waals surface area contributed by atoms with Crippen molar-refractivity contribution >= 4 is 27.4 Å². The molecule has 1 aliphatic rings. The van der Waals surface area contributed by atoms with E-state index < -0.39 is 15.9 Å². The van der Waals surface area contributed by atoms with Gasteiger partial charge in [0.05, 0.1) is 30.0 Å². The number of rotatable bonds is 5. The first-order valence-corrected chi connectivity index (χ1v) is 10.1. The smallest absolute Gasteiger partial charge is 0.255 e. The van der Waals surface area contributed by atoms with Crippen molar-refractivity contribution in [2.45, 2.75) is 18.2 Å². The van der Waals surface area contributed by atoms with Crippen LogP contribution in [-0.2, 0) is 21.2 Å². The molecule has 144 valence electrons. The molecule has 0 bridgehead atoms. The van der Waals surface area contributed by atoms with Crippen LogP contribution in [0.5, 0.6) is 0 Å². The number of nitrogens with one attached hydrogen (secondary N) is 1. The average molecular weight is 390 g/mol. The lowest BCUT2D eigenvalue weighted by atomic mass is 10.1. The number of nitrogens with two attached hydrogens (primary N) is 1. The fourth-order valence-corrected chi connectivity index (χ4v) is 4.56. The zero-order valence-electron chi connectivity index (χ0n) is 15.0. The number of morpholine rings is 1. The van der Waals surface area contributed by atoms with Gasteiger partial charge in [0.25, 0.3) is 5.91 Å². The zero-order valence-corrected chi connectivity index (χ0v) is 15.8. The van der Waals surface area contributed by atoms with Crippen LogP contribution in [0.3, 0.4) is 0 Å². The Bertz CT molecular complexity index is 923. The monoisotopic (exact) mass is 390 g/mol. The Balaban J connectivity index is 1.90. The number of anilines is 2. The fourth-order valence-electron chi connectivity index (χ4n) is 2.84. The van der Waals surface area contributed by atoms with Crippen molar-refractivity contribution in [3.63, 3.8) is 0 Å². The summed E-state index contributed by atoms with van der Waals surface area (Å²) >= 11 is 0. The van der Waals surface area contributed by atoms with E-state index in [1.807, 2.05) is 6.92 Å². The molecular formula is C18H22N4O4S. The van der Waals surface area contributed by atoms with Crippen LogP contribution in [0.15, 0.2) is 41.4 Å². The quantitative estimate of drug-likeness (QED) is 0.800. The van der Waals surface area contributed by atoms with Crippen molar-refractivity contribution < 1.29 is 17.9 Å². The van der Waals surface area contributed by atoms with Crippen LogP contribution in [0.25, 0.3) is 0 Å². The Morgan fingerprint density at radius 3 is 2.63 bits per heavy atom. The van der Waals surface area contributed by atoms with Crippen molar-refractivity contribution in [3.05, 3.63) is 47.7 Å².